The van der Waals surface area contributed by atoms with Crippen LogP contribution in [0.4, 0.5) is 0 Å². The van der Waals surface area contributed by atoms with Crippen LogP contribution in [0.3, 0.4) is 0 Å². The first-order chi connectivity index (χ1) is 9.78. The van der Waals surface area contributed by atoms with Crippen molar-refractivity contribution in [2.75, 3.05) is 13.6 Å². The van der Waals surface area contributed by atoms with Gasteiger partial charge in [-0.15, -0.1) is 0 Å². The molecule has 1 N–H and O–H groups in total. The summed E-state index contributed by atoms with van der Waals surface area (Å²) < 4.78 is 0. The molecule has 2 aliphatic carbocycles. The van der Waals surface area contributed by atoms with E-state index in [1.54, 1.807) is 11.1 Å². The predicted octanol–water partition coefficient (Wildman–Crippen LogP) is 3.31. The maximum atomic E-state index is 3.63. The smallest absolute Gasteiger partial charge is 0.0478 e. The fourth-order valence-corrected chi connectivity index (χ4v) is 5.12. The van der Waals surface area contributed by atoms with Gasteiger partial charge in [0.2, 0.25) is 0 Å². The average molecular weight is 270 g/mol. The largest absolute Gasteiger partial charge is 0.312 e. The molecule has 4 rings (SSSR count). The fourth-order valence-electron chi connectivity index (χ4n) is 5.12. The predicted molar refractivity (Wildman–Crippen MR) is 82.9 cm³/mol. The average Bonchev–Trinajstić information content (AvgIpc) is 3.10. The van der Waals surface area contributed by atoms with Gasteiger partial charge in [-0.1, -0.05) is 31.2 Å². The van der Waals surface area contributed by atoms with Gasteiger partial charge in [-0.05, 0) is 55.7 Å². The number of likely N-dealkylation sites (N-methyl/N-ethyl adjacent to an activating group) is 1. The van der Waals surface area contributed by atoms with E-state index in [0.717, 1.165) is 12.0 Å². The van der Waals surface area contributed by atoms with Gasteiger partial charge >= 0.3 is 0 Å². The van der Waals surface area contributed by atoms with Gasteiger partial charge in [0.15, 0.2) is 0 Å². The number of likely N-dealkylation sites (tertiary alicyclic amines) is 1. The zero-order valence-electron chi connectivity index (χ0n) is 12.7. The van der Waals surface area contributed by atoms with Crippen LogP contribution in [0.2, 0.25) is 0 Å². The molecule has 0 spiro atoms. The monoisotopic (exact) mass is 270 g/mol. The molecule has 1 saturated carbocycles. The minimum absolute atomic E-state index is 0.516. The first-order valence-corrected chi connectivity index (χ1v) is 8.29. The molecule has 20 heavy (non-hydrogen) atoms. The van der Waals surface area contributed by atoms with E-state index in [9.17, 15) is 0 Å². The SMILES string of the molecule is CNC1c2ccccc2C(C)CC1N1CC2CCC1C2. The first kappa shape index (κ1) is 12.8. The van der Waals surface area contributed by atoms with Crippen molar-refractivity contribution in [3.8, 4) is 0 Å². The number of rotatable bonds is 2. The van der Waals surface area contributed by atoms with E-state index < -0.39 is 0 Å². The number of piperidine rings is 1. The maximum absolute atomic E-state index is 3.63. The summed E-state index contributed by atoms with van der Waals surface area (Å²) in [5, 5.41) is 3.63. The number of benzene rings is 1. The molecule has 2 fully saturated rings. The highest BCUT2D eigenvalue weighted by molar-refractivity contribution is 5.37. The molecule has 1 aliphatic heterocycles. The van der Waals surface area contributed by atoms with Gasteiger partial charge in [-0.2, -0.15) is 0 Å². The van der Waals surface area contributed by atoms with Crippen molar-refractivity contribution >= 4 is 0 Å². The highest BCUT2D eigenvalue weighted by Gasteiger charge is 2.45. The molecule has 5 unspecified atom stereocenters. The van der Waals surface area contributed by atoms with Crippen LogP contribution in [-0.2, 0) is 0 Å². The number of hydrogen-bond acceptors (Lipinski definition) is 2. The van der Waals surface area contributed by atoms with Gasteiger partial charge in [0.05, 0.1) is 0 Å². The summed E-state index contributed by atoms with van der Waals surface area (Å²) in [7, 11) is 2.14. The number of nitrogens with one attached hydrogen (secondary N) is 1. The molecular weight excluding hydrogens is 244 g/mol. The second kappa shape index (κ2) is 4.85. The Morgan fingerprint density at radius 1 is 1.10 bits per heavy atom. The normalized spacial score (nSPS) is 40.0. The van der Waals surface area contributed by atoms with Crippen molar-refractivity contribution < 1.29 is 0 Å². The minimum atomic E-state index is 0.516. The fraction of sp³-hybridized carbons (Fsp3) is 0.667. The lowest BCUT2D eigenvalue weighted by atomic mass is 9.77. The molecule has 2 heteroatoms. The van der Waals surface area contributed by atoms with Crippen molar-refractivity contribution in [2.24, 2.45) is 5.92 Å². The third-order valence-electron chi connectivity index (χ3n) is 6.03. The van der Waals surface area contributed by atoms with Crippen molar-refractivity contribution in [2.45, 2.75) is 56.7 Å². The summed E-state index contributed by atoms with van der Waals surface area (Å²) in [5.41, 5.74) is 3.11. The van der Waals surface area contributed by atoms with E-state index in [-0.39, 0.29) is 0 Å². The molecule has 108 valence electrons. The lowest BCUT2D eigenvalue weighted by Crippen LogP contribution is -2.50. The third-order valence-corrected chi connectivity index (χ3v) is 6.03. The summed E-state index contributed by atoms with van der Waals surface area (Å²) in [6.07, 6.45) is 5.69. The summed E-state index contributed by atoms with van der Waals surface area (Å²) in [6.45, 7) is 3.76. The molecule has 2 bridgehead atoms. The molecule has 1 saturated heterocycles. The molecule has 5 atom stereocenters. The van der Waals surface area contributed by atoms with Gasteiger partial charge in [0.25, 0.3) is 0 Å². The Balaban J connectivity index is 1.68. The van der Waals surface area contributed by atoms with Crippen LogP contribution in [0, 0.1) is 5.92 Å². The Hall–Kier alpha value is -0.860. The quantitative estimate of drug-likeness (QED) is 0.887. The summed E-state index contributed by atoms with van der Waals surface area (Å²) in [5.74, 6) is 1.69. The second-order valence-electron chi connectivity index (χ2n) is 7.13. The summed E-state index contributed by atoms with van der Waals surface area (Å²) in [4.78, 5) is 2.85. The standard InChI is InChI=1S/C18H26N2/c1-12-9-17(20-11-13-7-8-14(20)10-13)18(19-2)16-6-4-3-5-15(12)16/h3-6,12-14,17-19H,7-11H2,1-2H3. The van der Waals surface area contributed by atoms with Gasteiger partial charge in [-0.25, -0.2) is 0 Å². The van der Waals surface area contributed by atoms with Crippen molar-refractivity contribution in [1.82, 2.24) is 10.2 Å². The lowest BCUT2D eigenvalue weighted by Gasteiger charge is -2.45. The van der Waals surface area contributed by atoms with Crippen LogP contribution < -0.4 is 5.32 Å². The van der Waals surface area contributed by atoms with Gasteiger partial charge in [0.1, 0.15) is 0 Å². The summed E-state index contributed by atoms with van der Waals surface area (Å²) in [6, 6.07) is 11.2. The molecule has 1 aromatic carbocycles. The van der Waals surface area contributed by atoms with Crippen molar-refractivity contribution in [1.29, 1.82) is 0 Å². The molecular formula is C18H26N2. The third kappa shape index (κ3) is 1.85. The topological polar surface area (TPSA) is 15.3 Å². The Labute approximate surface area is 122 Å². The van der Waals surface area contributed by atoms with Crippen LogP contribution in [0.1, 0.15) is 55.7 Å². The molecule has 1 aromatic rings. The second-order valence-corrected chi connectivity index (χ2v) is 7.13. The van der Waals surface area contributed by atoms with E-state index in [4.69, 9.17) is 0 Å². The number of hydrogen-bond donors (Lipinski definition) is 1. The van der Waals surface area contributed by atoms with Crippen LogP contribution in [-0.4, -0.2) is 30.6 Å². The van der Waals surface area contributed by atoms with Crippen LogP contribution in [0.5, 0.6) is 0 Å². The molecule has 3 aliphatic rings. The lowest BCUT2D eigenvalue weighted by molar-refractivity contribution is 0.101. The Kier molecular flexibility index (Phi) is 3.12. The van der Waals surface area contributed by atoms with Crippen molar-refractivity contribution in [3.63, 3.8) is 0 Å². The van der Waals surface area contributed by atoms with E-state index in [0.29, 0.717) is 18.0 Å². The van der Waals surface area contributed by atoms with Crippen molar-refractivity contribution in [3.05, 3.63) is 35.4 Å². The van der Waals surface area contributed by atoms with Crippen LogP contribution >= 0.6 is 0 Å². The molecule has 0 aromatic heterocycles. The van der Waals surface area contributed by atoms with Gasteiger partial charge < -0.3 is 5.32 Å². The zero-order valence-corrected chi connectivity index (χ0v) is 12.7. The molecule has 1 heterocycles. The zero-order chi connectivity index (χ0) is 13.7. The highest BCUT2D eigenvalue weighted by atomic mass is 15.2. The number of nitrogens with zero attached hydrogens (tertiary/aromatic N) is 1. The molecule has 2 nitrogen and oxygen atoms in total. The van der Waals surface area contributed by atoms with Gasteiger partial charge in [0, 0.05) is 24.7 Å². The minimum Gasteiger partial charge on any atom is -0.312 e. The summed E-state index contributed by atoms with van der Waals surface area (Å²) >= 11 is 0. The van der Waals surface area contributed by atoms with E-state index in [1.165, 1.54) is 32.2 Å². The Morgan fingerprint density at radius 3 is 2.55 bits per heavy atom. The van der Waals surface area contributed by atoms with E-state index in [1.807, 2.05) is 0 Å². The maximum Gasteiger partial charge on any atom is 0.0478 e. The van der Waals surface area contributed by atoms with E-state index in [2.05, 4.69) is 48.5 Å². The van der Waals surface area contributed by atoms with Crippen LogP contribution in [0.15, 0.2) is 24.3 Å². The van der Waals surface area contributed by atoms with Gasteiger partial charge in [-0.3, -0.25) is 4.90 Å². The number of fused-ring (bicyclic) bond motifs is 3. The molecule has 0 radical (unpaired) electrons. The first-order valence-electron chi connectivity index (χ1n) is 8.29. The Morgan fingerprint density at radius 2 is 1.90 bits per heavy atom. The Bertz CT molecular complexity index is 498. The van der Waals surface area contributed by atoms with Crippen LogP contribution in [0.25, 0.3) is 0 Å². The molecule has 0 amide bonds. The van der Waals surface area contributed by atoms with E-state index >= 15 is 0 Å². The highest BCUT2D eigenvalue weighted by Crippen LogP contribution is 2.46.